The fraction of sp³-hybridized carbons (Fsp3) is 0.273. The lowest BCUT2D eigenvalue weighted by Gasteiger charge is -2.09. The molecule has 0 fully saturated rings. The SMILES string of the molecule is COc1ccc2c(COC(=O)Cc3ccc4c(c3)CCC4)cc(=O)oc2c1. The van der Waals surface area contributed by atoms with Crippen molar-refractivity contribution in [3.05, 3.63) is 75.1 Å². The van der Waals surface area contributed by atoms with Crippen molar-refractivity contribution in [1.82, 2.24) is 0 Å². The normalized spacial score (nSPS) is 12.8. The summed E-state index contributed by atoms with van der Waals surface area (Å²) in [5.41, 5.74) is 4.21. The summed E-state index contributed by atoms with van der Waals surface area (Å²) in [6.45, 7) is 0.0260. The van der Waals surface area contributed by atoms with Crippen LogP contribution >= 0.6 is 0 Å². The second-order valence-corrected chi connectivity index (χ2v) is 6.75. The summed E-state index contributed by atoms with van der Waals surface area (Å²) in [5.74, 6) is 0.277. The summed E-state index contributed by atoms with van der Waals surface area (Å²) < 4.78 is 15.8. The third kappa shape index (κ3) is 3.72. The van der Waals surface area contributed by atoms with Crippen LogP contribution in [0.15, 0.2) is 51.7 Å². The highest BCUT2D eigenvalue weighted by Gasteiger charge is 2.14. The van der Waals surface area contributed by atoms with Crippen LogP contribution in [0.5, 0.6) is 5.75 Å². The first-order valence-corrected chi connectivity index (χ1v) is 8.99. The van der Waals surface area contributed by atoms with Crippen LogP contribution < -0.4 is 10.4 Å². The standard InChI is InChI=1S/C22H20O5/c1-25-18-7-8-19-17(11-22(24)27-20(19)12-18)13-26-21(23)10-14-5-6-15-3-2-4-16(15)9-14/h5-9,11-12H,2-4,10,13H2,1H3. The van der Waals surface area contributed by atoms with Gasteiger partial charge in [-0.25, -0.2) is 4.79 Å². The quantitative estimate of drug-likeness (QED) is 0.511. The number of benzene rings is 2. The van der Waals surface area contributed by atoms with Crippen molar-refractivity contribution < 1.29 is 18.7 Å². The molecule has 0 N–H and O–H groups in total. The van der Waals surface area contributed by atoms with Gasteiger partial charge in [0.25, 0.3) is 0 Å². The summed E-state index contributed by atoms with van der Waals surface area (Å²) >= 11 is 0. The van der Waals surface area contributed by atoms with Crippen LogP contribution in [0, 0.1) is 0 Å². The summed E-state index contributed by atoms with van der Waals surface area (Å²) in [7, 11) is 1.55. The fourth-order valence-corrected chi connectivity index (χ4v) is 3.57. The van der Waals surface area contributed by atoms with Crippen molar-refractivity contribution >= 4 is 16.9 Å². The minimum absolute atomic E-state index is 0.0260. The number of hydrogen-bond acceptors (Lipinski definition) is 5. The average molecular weight is 364 g/mol. The van der Waals surface area contributed by atoms with Gasteiger partial charge >= 0.3 is 11.6 Å². The number of carbonyl (C=O) groups is 1. The highest BCUT2D eigenvalue weighted by atomic mass is 16.5. The van der Waals surface area contributed by atoms with Crippen molar-refractivity contribution in [2.75, 3.05) is 7.11 Å². The predicted molar refractivity (Wildman–Crippen MR) is 101 cm³/mol. The van der Waals surface area contributed by atoms with Gasteiger partial charge in [0.1, 0.15) is 17.9 Å². The van der Waals surface area contributed by atoms with E-state index in [2.05, 4.69) is 12.1 Å². The van der Waals surface area contributed by atoms with Crippen molar-refractivity contribution in [3.8, 4) is 5.75 Å². The van der Waals surface area contributed by atoms with Crippen LogP contribution in [0.25, 0.3) is 11.0 Å². The highest BCUT2D eigenvalue weighted by Crippen LogP contribution is 2.24. The van der Waals surface area contributed by atoms with Crippen LogP contribution in [-0.4, -0.2) is 13.1 Å². The fourth-order valence-electron chi connectivity index (χ4n) is 3.57. The second-order valence-electron chi connectivity index (χ2n) is 6.75. The Morgan fingerprint density at radius 1 is 1.07 bits per heavy atom. The molecule has 27 heavy (non-hydrogen) atoms. The van der Waals surface area contributed by atoms with Crippen molar-refractivity contribution in [2.45, 2.75) is 32.3 Å². The van der Waals surface area contributed by atoms with E-state index in [1.54, 1.807) is 25.3 Å². The number of carbonyl (C=O) groups excluding carboxylic acids is 1. The summed E-state index contributed by atoms with van der Waals surface area (Å²) in [6.07, 6.45) is 3.60. The van der Waals surface area contributed by atoms with Gasteiger partial charge < -0.3 is 13.9 Å². The summed E-state index contributed by atoms with van der Waals surface area (Å²) in [5, 5.41) is 0.723. The minimum Gasteiger partial charge on any atom is -0.497 e. The van der Waals surface area contributed by atoms with Crippen LogP contribution in [0.1, 0.15) is 28.7 Å². The number of fused-ring (bicyclic) bond motifs is 2. The van der Waals surface area contributed by atoms with Crippen LogP contribution in [0.3, 0.4) is 0 Å². The molecule has 0 unspecified atom stereocenters. The number of rotatable bonds is 5. The van der Waals surface area contributed by atoms with E-state index in [9.17, 15) is 9.59 Å². The van der Waals surface area contributed by atoms with Gasteiger partial charge in [0.15, 0.2) is 0 Å². The molecule has 0 amide bonds. The van der Waals surface area contributed by atoms with Crippen LogP contribution in [0.2, 0.25) is 0 Å². The Labute approximate surface area is 156 Å². The zero-order valence-corrected chi connectivity index (χ0v) is 15.1. The van der Waals surface area contributed by atoms with Crippen LogP contribution in [-0.2, 0) is 35.4 Å². The molecule has 0 atom stereocenters. The molecule has 0 bridgehead atoms. The number of aryl methyl sites for hydroxylation is 2. The topological polar surface area (TPSA) is 65.7 Å². The van der Waals surface area contributed by atoms with Gasteiger partial charge in [-0.15, -0.1) is 0 Å². The lowest BCUT2D eigenvalue weighted by atomic mass is 10.0. The molecule has 0 saturated heterocycles. The molecule has 138 valence electrons. The Morgan fingerprint density at radius 2 is 1.93 bits per heavy atom. The Hall–Kier alpha value is -3.08. The predicted octanol–water partition coefficient (Wildman–Crippen LogP) is 3.58. The second kappa shape index (κ2) is 7.27. The van der Waals surface area contributed by atoms with Gasteiger partial charge in [0.2, 0.25) is 0 Å². The summed E-state index contributed by atoms with van der Waals surface area (Å²) in [6, 6.07) is 12.8. The van der Waals surface area contributed by atoms with E-state index in [4.69, 9.17) is 13.9 Å². The third-order valence-corrected chi connectivity index (χ3v) is 4.94. The first kappa shape index (κ1) is 17.3. The molecule has 0 radical (unpaired) electrons. The van der Waals surface area contributed by atoms with Crippen molar-refractivity contribution in [2.24, 2.45) is 0 Å². The zero-order valence-electron chi connectivity index (χ0n) is 15.1. The lowest BCUT2D eigenvalue weighted by Crippen LogP contribution is -2.10. The maximum Gasteiger partial charge on any atom is 0.336 e. The van der Waals surface area contributed by atoms with Gasteiger partial charge in [-0.05, 0) is 48.1 Å². The van der Waals surface area contributed by atoms with Crippen molar-refractivity contribution in [3.63, 3.8) is 0 Å². The van der Waals surface area contributed by atoms with E-state index in [-0.39, 0.29) is 19.0 Å². The molecule has 0 aliphatic heterocycles. The van der Waals surface area contributed by atoms with Crippen molar-refractivity contribution in [1.29, 1.82) is 0 Å². The van der Waals surface area contributed by atoms with E-state index < -0.39 is 5.63 Å². The third-order valence-electron chi connectivity index (χ3n) is 4.94. The first-order valence-electron chi connectivity index (χ1n) is 8.99. The number of methoxy groups -OCH3 is 1. The van der Waals surface area contributed by atoms with E-state index in [0.717, 1.165) is 23.8 Å². The monoisotopic (exact) mass is 364 g/mol. The molecule has 0 saturated carbocycles. The van der Waals surface area contributed by atoms with Gasteiger partial charge in [0.05, 0.1) is 13.5 Å². The summed E-state index contributed by atoms with van der Waals surface area (Å²) in [4.78, 5) is 24.1. The molecule has 1 aliphatic carbocycles. The van der Waals surface area contributed by atoms with E-state index in [0.29, 0.717) is 16.9 Å². The molecule has 1 aliphatic rings. The first-order chi connectivity index (χ1) is 13.1. The largest absolute Gasteiger partial charge is 0.497 e. The maximum absolute atomic E-state index is 12.3. The Bertz CT molecular complexity index is 1060. The smallest absolute Gasteiger partial charge is 0.336 e. The molecule has 3 aromatic rings. The molecular weight excluding hydrogens is 344 g/mol. The van der Waals surface area contributed by atoms with Crippen LogP contribution in [0.4, 0.5) is 0 Å². The number of ether oxygens (including phenoxy) is 2. The molecular formula is C22H20O5. The molecule has 2 aromatic carbocycles. The lowest BCUT2D eigenvalue weighted by molar-refractivity contribution is -0.144. The highest BCUT2D eigenvalue weighted by molar-refractivity contribution is 5.82. The molecule has 1 aromatic heterocycles. The number of hydrogen-bond donors (Lipinski definition) is 0. The zero-order chi connectivity index (χ0) is 18.8. The van der Waals surface area contributed by atoms with Gasteiger partial charge in [-0.2, -0.15) is 0 Å². The Morgan fingerprint density at radius 3 is 2.78 bits per heavy atom. The van der Waals surface area contributed by atoms with E-state index >= 15 is 0 Å². The average Bonchev–Trinajstić information content (AvgIpc) is 3.13. The minimum atomic E-state index is -0.486. The Balaban J connectivity index is 1.48. The maximum atomic E-state index is 12.3. The number of esters is 1. The van der Waals surface area contributed by atoms with E-state index in [1.165, 1.54) is 23.6 Å². The van der Waals surface area contributed by atoms with Gasteiger partial charge in [0, 0.05) is 23.1 Å². The molecule has 1 heterocycles. The molecule has 5 heteroatoms. The Kier molecular flexibility index (Phi) is 4.67. The van der Waals surface area contributed by atoms with Gasteiger partial charge in [-0.3, -0.25) is 4.79 Å². The molecule has 0 spiro atoms. The molecule has 4 rings (SSSR count). The van der Waals surface area contributed by atoms with E-state index in [1.807, 2.05) is 6.07 Å². The van der Waals surface area contributed by atoms with Gasteiger partial charge in [-0.1, -0.05) is 18.2 Å². The molecule has 5 nitrogen and oxygen atoms in total.